The molecule has 1 aromatic carbocycles. The molecule has 0 saturated heterocycles. The van der Waals surface area contributed by atoms with Gasteiger partial charge in [-0.3, -0.25) is 4.79 Å². The van der Waals surface area contributed by atoms with Crippen LogP contribution in [0.15, 0.2) is 28.2 Å². The second-order valence-corrected chi connectivity index (χ2v) is 5.79. The van der Waals surface area contributed by atoms with Gasteiger partial charge in [-0.05, 0) is 36.3 Å². The maximum absolute atomic E-state index is 12.0. The Morgan fingerprint density at radius 2 is 2.23 bits per heavy atom. The number of aromatic amines is 1. The van der Waals surface area contributed by atoms with E-state index in [-0.39, 0.29) is 17.0 Å². The molecule has 0 spiro atoms. The van der Waals surface area contributed by atoms with E-state index >= 15 is 0 Å². The smallest absolute Gasteiger partial charge is 0.270 e. The second kappa shape index (κ2) is 6.67. The van der Waals surface area contributed by atoms with Crippen LogP contribution in [0.4, 0.5) is 0 Å². The lowest BCUT2D eigenvalue weighted by Crippen LogP contribution is -2.14. The van der Waals surface area contributed by atoms with Gasteiger partial charge < -0.3 is 10.1 Å². The zero-order valence-corrected chi connectivity index (χ0v) is 13.5. The van der Waals surface area contributed by atoms with Crippen molar-refractivity contribution in [2.75, 3.05) is 6.26 Å². The Kier molecular flexibility index (Phi) is 4.88. The van der Waals surface area contributed by atoms with Gasteiger partial charge in [0.1, 0.15) is 23.1 Å². The van der Waals surface area contributed by atoms with Gasteiger partial charge >= 0.3 is 0 Å². The van der Waals surface area contributed by atoms with Crippen molar-refractivity contribution in [1.82, 2.24) is 9.97 Å². The third-order valence-electron chi connectivity index (χ3n) is 3.66. The lowest BCUT2D eigenvalue weighted by atomic mass is 9.95. The number of rotatable bonds is 4. The summed E-state index contributed by atoms with van der Waals surface area (Å²) in [5.74, 6) is 0.320. The standard InChI is InChI=1S/C16H17N3O2S/c1-4-9(2)10-5-6-13(20)11(7-10)14-12(8-17)15(21)19-16(18-14)22-3/h5-7,9,20H,4H2,1-3H3,(H,18,19,21). The Labute approximate surface area is 133 Å². The van der Waals surface area contributed by atoms with E-state index < -0.39 is 5.56 Å². The summed E-state index contributed by atoms with van der Waals surface area (Å²) in [6.45, 7) is 4.16. The summed E-state index contributed by atoms with van der Waals surface area (Å²) >= 11 is 1.27. The van der Waals surface area contributed by atoms with Crippen molar-refractivity contribution in [3.63, 3.8) is 0 Å². The molecule has 5 nitrogen and oxygen atoms in total. The van der Waals surface area contributed by atoms with Crippen LogP contribution in [0, 0.1) is 11.3 Å². The number of phenols is 1. The van der Waals surface area contributed by atoms with Gasteiger partial charge in [0.2, 0.25) is 0 Å². The first-order valence-electron chi connectivity index (χ1n) is 6.93. The van der Waals surface area contributed by atoms with E-state index in [4.69, 9.17) is 0 Å². The number of nitrogens with one attached hydrogen (secondary N) is 1. The fourth-order valence-corrected chi connectivity index (χ4v) is 2.51. The van der Waals surface area contributed by atoms with Gasteiger partial charge in [0.15, 0.2) is 5.16 Å². The topological polar surface area (TPSA) is 89.8 Å². The van der Waals surface area contributed by atoms with Crippen LogP contribution in [0.3, 0.4) is 0 Å². The van der Waals surface area contributed by atoms with E-state index in [0.717, 1.165) is 12.0 Å². The van der Waals surface area contributed by atoms with Gasteiger partial charge in [0.05, 0.1) is 0 Å². The van der Waals surface area contributed by atoms with Crippen molar-refractivity contribution in [3.05, 3.63) is 39.7 Å². The average molecular weight is 315 g/mol. The lowest BCUT2D eigenvalue weighted by molar-refractivity contribution is 0.476. The van der Waals surface area contributed by atoms with Crippen LogP contribution in [0.25, 0.3) is 11.3 Å². The monoisotopic (exact) mass is 315 g/mol. The minimum absolute atomic E-state index is 0.00806. The molecule has 1 heterocycles. The zero-order chi connectivity index (χ0) is 16.3. The molecule has 2 aromatic rings. The SMILES string of the molecule is CCC(C)c1ccc(O)c(-c2nc(SC)[nH]c(=O)c2C#N)c1. The van der Waals surface area contributed by atoms with Gasteiger partial charge in [-0.2, -0.15) is 5.26 Å². The van der Waals surface area contributed by atoms with Crippen LogP contribution < -0.4 is 5.56 Å². The molecular weight excluding hydrogens is 298 g/mol. The van der Waals surface area contributed by atoms with E-state index in [0.29, 0.717) is 16.6 Å². The molecule has 1 aromatic heterocycles. The highest BCUT2D eigenvalue weighted by molar-refractivity contribution is 7.98. The van der Waals surface area contributed by atoms with Crippen molar-refractivity contribution in [1.29, 1.82) is 5.26 Å². The summed E-state index contributed by atoms with van der Waals surface area (Å²) in [6, 6.07) is 7.11. The Morgan fingerprint density at radius 3 is 2.82 bits per heavy atom. The highest BCUT2D eigenvalue weighted by Gasteiger charge is 2.17. The third kappa shape index (κ3) is 3.00. The minimum atomic E-state index is -0.495. The average Bonchev–Trinajstić information content (AvgIpc) is 2.53. The number of benzene rings is 1. The molecular formula is C16H17N3O2S. The van der Waals surface area contributed by atoms with Crippen molar-refractivity contribution in [2.45, 2.75) is 31.3 Å². The second-order valence-electron chi connectivity index (χ2n) is 5.00. The van der Waals surface area contributed by atoms with Crippen molar-refractivity contribution < 1.29 is 5.11 Å². The Balaban J connectivity index is 2.73. The first-order chi connectivity index (χ1) is 10.5. The van der Waals surface area contributed by atoms with Crippen molar-refractivity contribution in [3.8, 4) is 23.1 Å². The maximum Gasteiger partial charge on any atom is 0.270 e. The Hall–Kier alpha value is -2.26. The molecule has 0 aliphatic carbocycles. The van der Waals surface area contributed by atoms with Gasteiger partial charge in [0, 0.05) is 5.56 Å². The molecule has 1 atom stereocenters. The van der Waals surface area contributed by atoms with Crippen LogP contribution >= 0.6 is 11.8 Å². The summed E-state index contributed by atoms with van der Waals surface area (Å²) in [6.07, 6.45) is 2.73. The maximum atomic E-state index is 12.0. The minimum Gasteiger partial charge on any atom is -0.507 e. The lowest BCUT2D eigenvalue weighted by Gasteiger charge is -2.13. The quantitative estimate of drug-likeness (QED) is 0.667. The molecule has 0 fully saturated rings. The highest BCUT2D eigenvalue weighted by atomic mass is 32.2. The van der Waals surface area contributed by atoms with Gasteiger partial charge in [0.25, 0.3) is 5.56 Å². The molecule has 6 heteroatoms. The predicted molar refractivity (Wildman–Crippen MR) is 87.2 cm³/mol. The number of hydrogen-bond donors (Lipinski definition) is 2. The molecule has 0 amide bonds. The fourth-order valence-electron chi connectivity index (χ4n) is 2.13. The van der Waals surface area contributed by atoms with Crippen LogP contribution in [0.1, 0.15) is 37.3 Å². The van der Waals surface area contributed by atoms with E-state index in [1.54, 1.807) is 18.4 Å². The first-order valence-corrected chi connectivity index (χ1v) is 8.16. The number of nitriles is 1. The molecule has 0 saturated carbocycles. The summed E-state index contributed by atoms with van der Waals surface area (Å²) < 4.78 is 0. The molecule has 2 N–H and O–H groups in total. The zero-order valence-electron chi connectivity index (χ0n) is 12.7. The fraction of sp³-hybridized carbons (Fsp3) is 0.312. The number of thioether (sulfide) groups is 1. The summed E-state index contributed by atoms with van der Waals surface area (Å²) in [5, 5.41) is 19.8. The molecule has 1 unspecified atom stereocenters. The van der Waals surface area contributed by atoms with E-state index in [1.807, 2.05) is 12.1 Å². The molecule has 0 aliphatic heterocycles. The van der Waals surface area contributed by atoms with Gasteiger partial charge in [-0.1, -0.05) is 31.7 Å². The highest BCUT2D eigenvalue weighted by Crippen LogP contribution is 2.33. The van der Waals surface area contributed by atoms with Crippen LogP contribution in [-0.2, 0) is 0 Å². The van der Waals surface area contributed by atoms with Crippen molar-refractivity contribution in [2.24, 2.45) is 0 Å². The van der Waals surface area contributed by atoms with E-state index in [9.17, 15) is 15.2 Å². The first kappa shape index (κ1) is 16.1. The Morgan fingerprint density at radius 1 is 1.50 bits per heavy atom. The largest absolute Gasteiger partial charge is 0.507 e. The molecule has 0 aliphatic rings. The molecule has 114 valence electrons. The third-order valence-corrected chi connectivity index (χ3v) is 4.24. The molecule has 0 bridgehead atoms. The molecule has 22 heavy (non-hydrogen) atoms. The van der Waals surface area contributed by atoms with E-state index in [1.165, 1.54) is 11.8 Å². The normalized spacial score (nSPS) is 11.9. The number of H-pyrrole nitrogens is 1. The summed E-state index contributed by atoms with van der Waals surface area (Å²) in [7, 11) is 0. The number of hydrogen-bond acceptors (Lipinski definition) is 5. The van der Waals surface area contributed by atoms with Crippen LogP contribution in [-0.4, -0.2) is 21.3 Å². The van der Waals surface area contributed by atoms with Gasteiger partial charge in [-0.15, -0.1) is 0 Å². The molecule has 0 radical (unpaired) electrons. The predicted octanol–water partition coefficient (Wildman–Crippen LogP) is 3.25. The van der Waals surface area contributed by atoms with Crippen molar-refractivity contribution >= 4 is 11.8 Å². The summed E-state index contributed by atoms with van der Waals surface area (Å²) in [5.41, 5.74) is 1.08. The van der Waals surface area contributed by atoms with E-state index in [2.05, 4.69) is 23.8 Å². The number of nitrogens with zero attached hydrogens (tertiary/aromatic N) is 2. The van der Waals surface area contributed by atoms with Crippen LogP contribution in [0.2, 0.25) is 0 Å². The Bertz CT molecular complexity index is 793. The van der Waals surface area contributed by atoms with Gasteiger partial charge in [-0.25, -0.2) is 4.98 Å². The van der Waals surface area contributed by atoms with Crippen LogP contribution in [0.5, 0.6) is 5.75 Å². The summed E-state index contributed by atoms with van der Waals surface area (Å²) in [4.78, 5) is 18.8. The number of aromatic hydroxyl groups is 1. The number of aromatic nitrogens is 2. The molecule has 2 rings (SSSR count). The number of phenolic OH excluding ortho intramolecular Hbond substituents is 1.